The fourth-order valence-electron chi connectivity index (χ4n) is 1.53. The molecule has 0 spiro atoms. The summed E-state index contributed by atoms with van der Waals surface area (Å²) in [7, 11) is 0. The minimum Gasteiger partial charge on any atom is -0.0617 e. The lowest BCUT2D eigenvalue weighted by molar-refractivity contribution is 0.563. The van der Waals surface area contributed by atoms with Gasteiger partial charge >= 0.3 is 0 Å². The van der Waals surface area contributed by atoms with Crippen molar-refractivity contribution >= 4 is 0 Å². The Morgan fingerprint density at radius 2 is 2.00 bits per heavy atom. The zero-order valence-corrected chi connectivity index (χ0v) is 4.36. The van der Waals surface area contributed by atoms with Crippen LogP contribution in [0.25, 0.3) is 0 Å². The molecule has 2 aliphatic carbocycles. The molecule has 0 heteroatoms. The summed E-state index contributed by atoms with van der Waals surface area (Å²) in [6.45, 7) is 4.75. The van der Waals surface area contributed by atoms with Gasteiger partial charge < -0.3 is 0 Å². The molecular weight excluding hydrogens is 72.1 g/mol. The van der Waals surface area contributed by atoms with E-state index in [2.05, 4.69) is 13.8 Å². The predicted octanol–water partition coefficient (Wildman–Crippen LogP) is 1.66. The highest BCUT2D eigenvalue weighted by atomic mass is 14.8. The summed E-state index contributed by atoms with van der Waals surface area (Å²) >= 11 is 0. The molecule has 2 aliphatic rings. The Labute approximate surface area is 38.6 Å². The molecule has 0 aromatic carbocycles. The molecule has 0 N–H and O–H groups in total. The summed E-state index contributed by atoms with van der Waals surface area (Å²) in [6, 6.07) is 0. The molecule has 2 saturated carbocycles. The molecule has 0 amide bonds. The third-order valence-corrected chi connectivity index (χ3v) is 2.88. The monoisotopic (exact) mass is 82.1 g/mol. The van der Waals surface area contributed by atoms with Crippen molar-refractivity contribution in [3.63, 3.8) is 0 Å². The van der Waals surface area contributed by atoms with Gasteiger partial charge in [0.25, 0.3) is 0 Å². The van der Waals surface area contributed by atoms with Crippen LogP contribution < -0.4 is 0 Å². The third-order valence-electron chi connectivity index (χ3n) is 2.88. The van der Waals surface area contributed by atoms with Crippen LogP contribution in [0, 0.1) is 17.3 Å². The van der Waals surface area contributed by atoms with E-state index in [-0.39, 0.29) is 0 Å². The van der Waals surface area contributed by atoms with Crippen molar-refractivity contribution in [3.8, 4) is 0 Å². The Morgan fingerprint density at radius 1 is 1.67 bits per heavy atom. The molecule has 0 bridgehead atoms. The normalized spacial score (nSPS) is 73.0. The van der Waals surface area contributed by atoms with E-state index in [9.17, 15) is 0 Å². The molecule has 0 radical (unpaired) electrons. The topological polar surface area (TPSA) is 0 Å². The van der Waals surface area contributed by atoms with Gasteiger partial charge in [-0.05, 0) is 23.7 Å². The molecule has 3 atom stereocenters. The Hall–Kier alpha value is 0. The van der Waals surface area contributed by atoms with Gasteiger partial charge in [-0.1, -0.05) is 13.8 Å². The highest BCUT2D eigenvalue weighted by molar-refractivity contribution is 5.20. The fraction of sp³-hybridized carbons (Fsp3) is 1.00. The van der Waals surface area contributed by atoms with Gasteiger partial charge in [-0.15, -0.1) is 0 Å². The number of fused-ring (bicyclic) bond motifs is 1. The molecule has 0 aliphatic heterocycles. The fourth-order valence-corrected chi connectivity index (χ4v) is 1.53. The van der Waals surface area contributed by atoms with Gasteiger partial charge in [0.1, 0.15) is 0 Å². The van der Waals surface area contributed by atoms with Crippen molar-refractivity contribution in [3.05, 3.63) is 0 Å². The molecule has 6 heavy (non-hydrogen) atoms. The van der Waals surface area contributed by atoms with Gasteiger partial charge in [-0.2, -0.15) is 0 Å². The summed E-state index contributed by atoms with van der Waals surface area (Å²) in [4.78, 5) is 0. The van der Waals surface area contributed by atoms with Crippen molar-refractivity contribution in [2.75, 3.05) is 0 Å². The maximum absolute atomic E-state index is 2.39. The minimum absolute atomic E-state index is 0.875. The van der Waals surface area contributed by atoms with E-state index in [1.807, 2.05) is 0 Å². The zero-order valence-electron chi connectivity index (χ0n) is 4.36. The Morgan fingerprint density at radius 3 is 2.00 bits per heavy atom. The molecule has 3 unspecified atom stereocenters. The lowest BCUT2D eigenvalue weighted by Crippen LogP contribution is -1.85. The molecule has 0 aromatic rings. The van der Waals surface area contributed by atoms with Crippen molar-refractivity contribution in [2.45, 2.75) is 20.3 Å². The Balaban J connectivity index is 2.23. The zero-order chi connectivity index (χ0) is 4.36. The second kappa shape index (κ2) is 0.473. The van der Waals surface area contributed by atoms with E-state index in [0.29, 0.717) is 0 Å². The summed E-state index contributed by atoms with van der Waals surface area (Å²) in [6.07, 6.45) is 1.54. The molecule has 34 valence electrons. The lowest BCUT2D eigenvalue weighted by Gasteiger charge is -1.93. The van der Waals surface area contributed by atoms with Crippen molar-refractivity contribution in [1.82, 2.24) is 0 Å². The average Bonchev–Trinajstić information content (AvgIpc) is 2.24. The van der Waals surface area contributed by atoms with E-state index in [4.69, 9.17) is 0 Å². The molecule has 0 nitrogen and oxygen atoms in total. The van der Waals surface area contributed by atoms with Crippen molar-refractivity contribution in [2.24, 2.45) is 17.3 Å². The first kappa shape index (κ1) is 3.06. The molecule has 0 saturated heterocycles. The maximum Gasteiger partial charge on any atom is -0.0263 e. The van der Waals surface area contributed by atoms with E-state index in [0.717, 1.165) is 17.3 Å². The second-order valence-electron chi connectivity index (χ2n) is 3.11. The lowest BCUT2D eigenvalue weighted by atomic mass is 10.1. The van der Waals surface area contributed by atoms with Crippen molar-refractivity contribution in [1.29, 1.82) is 0 Å². The standard InChI is InChI=1S/C6H10/c1-4-5-3-6(4,5)2/h4-5H,3H2,1-2H3. The Kier molecular flexibility index (Phi) is 0.242. The summed E-state index contributed by atoms with van der Waals surface area (Å²) in [5.74, 6) is 2.26. The van der Waals surface area contributed by atoms with Crippen LogP contribution in [-0.2, 0) is 0 Å². The largest absolute Gasteiger partial charge is 0.0617 e. The molecule has 2 rings (SSSR count). The molecular formula is C6H10. The summed E-state index contributed by atoms with van der Waals surface area (Å²) < 4.78 is 0. The summed E-state index contributed by atoms with van der Waals surface area (Å²) in [5, 5.41) is 0. The van der Waals surface area contributed by atoms with Crippen LogP contribution in [-0.4, -0.2) is 0 Å². The highest BCUT2D eigenvalue weighted by Crippen LogP contribution is 2.79. The Bertz CT molecular complexity index is 90.2. The first-order valence-electron chi connectivity index (χ1n) is 2.75. The SMILES string of the molecule is CC1C2CC12C. The molecule has 0 aromatic heterocycles. The highest BCUT2D eigenvalue weighted by Gasteiger charge is 2.72. The molecule has 0 heterocycles. The van der Waals surface area contributed by atoms with Gasteiger partial charge in [-0.3, -0.25) is 0 Å². The van der Waals surface area contributed by atoms with Gasteiger partial charge in [0.2, 0.25) is 0 Å². The average molecular weight is 82.1 g/mol. The van der Waals surface area contributed by atoms with Gasteiger partial charge in [0.15, 0.2) is 0 Å². The minimum atomic E-state index is 0.875. The van der Waals surface area contributed by atoms with Gasteiger partial charge in [0, 0.05) is 0 Å². The van der Waals surface area contributed by atoms with Crippen LogP contribution in [0.5, 0.6) is 0 Å². The molecule has 2 fully saturated rings. The van der Waals surface area contributed by atoms with Crippen LogP contribution in [0.4, 0.5) is 0 Å². The smallest absolute Gasteiger partial charge is 0.0263 e. The van der Waals surface area contributed by atoms with Crippen LogP contribution in [0.2, 0.25) is 0 Å². The predicted molar refractivity (Wildman–Crippen MR) is 25.4 cm³/mol. The van der Waals surface area contributed by atoms with Crippen molar-refractivity contribution < 1.29 is 0 Å². The van der Waals surface area contributed by atoms with E-state index >= 15 is 0 Å². The second-order valence-corrected chi connectivity index (χ2v) is 3.11. The van der Waals surface area contributed by atoms with E-state index < -0.39 is 0 Å². The van der Waals surface area contributed by atoms with Crippen LogP contribution in [0.15, 0.2) is 0 Å². The number of hydrogen-bond donors (Lipinski definition) is 0. The first-order valence-corrected chi connectivity index (χ1v) is 2.75. The van der Waals surface area contributed by atoms with Crippen LogP contribution in [0.1, 0.15) is 20.3 Å². The quantitative estimate of drug-likeness (QED) is 0.417. The first-order chi connectivity index (χ1) is 2.75. The number of hydrogen-bond acceptors (Lipinski definition) is 0. The van der Waals surface area contributed by atoms with Crippen LogP contribution in [0.3, 0.4) is 0 Å². The van der Waals surface area contributed by atoms with E-state index in [1.54, 1.807) is 0 Å². The van der Waals surface area contributed by atoms with E-state index in [1.165, 1.54) is 6.42 Å². The number of rotatable bonds is 0. The van der Waals surface area contributed by atoms with Gasteiger partial charge in [-0.25, -0.2) is 0 Å². The third kappa shape index (κ3) is 0.125. The van der Waals surface area contributed by atoms with Crippen LogP contribution >= 0.6 is 0 Å². The summed E-state index contributed by atoms with van der Waals surface area (Å²) in [5.41, 5.74) is 0.875. The maximum atomic E-state index is 2.39. The van der Waals surface area contributed by atoms with Gasteiger partial charge in [0.05, 0.1) is 0 Å².